The summed E-state index contributed by atoms with van der Waals surface area (Å²) in [5.74, 6) is 1.74. The molecule has 6 heterocycles. The third kappa shape index (κ3) is 29.0. The van der Waals surface area contributed by atoms with Crippen molar-refractivity contribution in [1.82, 2.24) is 19.9 Å². The normalized spacial score (nSPS) is 12.8. The van der Waals surface area contributed by atoms with E-state index in [0.717, 1.165) is 153 Å². The van der Waals surface area contributed by atoms with Crippen molar-refractivity contribution in [3.63, 3.8) is 0 Å². The zero-order valence-electron chi connectivity index (χ0n) is 58.6. The highest BCUT2D eigenvalue weighted by Gasteiger charge is 2.31. The highest BCUT2D eigenvalue weighted by Crippen LogP contribution is 2.48. The van der Waals surface area contributed by atoms with Gasteiger partial charge in [-0.05, 0) is 198 Å². The molecule has 98 heavy (non-hydrogen) atoms. The van der Waals surface area contributed by atoms with Crippen LogP contribution in [0.15, 0.2) is 128 Å². The quantitative estimate of drug-likeness (QED) is 0.00982. The lowest BCUT2D eigenvalue weighted by molar-refractivity contribution is -0.140. The van der Waals surface area contributed by atoms with Gasteiger partial charge in [0.05, 0.1) is 26.4 Å². The molecule has 20 nitrogen and oxygen atoms in total. The molecule has 21 heteroatoms. The van der Waals surface area contributed by atoms with Crippen molar-refractivity contribution in [2.24, 2.45) is 0 Å². The highest BCUT2D eigenvalue weighted by atomic mass is 31.2. The Hall–Kier alpha value is -8.32. The van der Waals surface area contributed by atoms with Crippen LogP contribution >= 0.6 is 7.60 Å². The van der Waals surface area contributed by atoms with Crippen LogP contribution in [0.25, 0.3) is 5.57 Å². The molecule has 0 saturated carbocycles. The number of carbonyl (C=O) groups is 5. The van der Waals surface area contributed by atoms with Gasteiger partial charge in [-0.1, -0.05) is 106 Å². The number of hydrogen-bond donors (Lipinski definition) is 0. The van der Waals surface area contributed by atoms with E-state index in [1.54, 1.807) is 68.1 Å². The largest absolute Gasteiger partial charge is 0.473 e. The number of rotatable bonds is 31. The van der Waals surface area contributed by atoms with Gasteiger partial charge < -0.3 is 37.5 Å². The predicted octanol–water partition coefficient (Wildman–Crippen LogP) is 17.5. The molecular weight excluding hydrogens is 1260 g/mol. The molecule has 0 spiro atoms. The Morgan fingerprint density at radius 3 is 1.40 bits per heavy atom. The summed E-state index contributed by atoms with van der Waals surface area (Å²) in [6, 6.07) is 35.6. The summed E-state index contributed by atoms with van der Waals surface area (Å²) in [7, 11) is -3.28. The number of benzene rings is 2. The molecule has 2 aliphatic rings. The summed E-state index contributed by atoms with van der Waals surface area (Å²) in [5, 5.41) is 0. The zero-order chi connectivity index (χ0) is 70.1. The number of Topliss-reactive ketones (excluding diaryl/α,β-unsaturated/α-hetero) is 1. The second kappa shape index (κ2) is 41.8. The van der Waals surface area contributed by atoms with E-state index in [9.17, 15) is 28.5 Å². The van der Waals surface area contributed by atoms with Gasteiger partial charge in [-0.25, -0.2) is 34.3 Å². The molecule has 0 unspecified atom stereocenters. The van der Waals surface area contributed by atoms with Crippen LogP contribution in [-0.4, -0.2) is 107 Å². The molecule has 0 atom stereocenters. The molecule has 0 aliphatic carbocycles. The topological polar surface area (TPSA) is 234 Å². The number of anilines is 2. The minimum absolute atomic E-state index is 0. The van der Waals surface area contributed by atoms with E-state index in [1.807, 2.05) is 114 Å². The van der Waals surface area contributed by atoms with E-state index in [-0.39, 0.29) is 57.3 Å². The van der Waals surface area contributed by atoms with Crippen molar-refractivity contribution in [2.45, 2.75) is 204 Å². The lowest BCUT2D eigenvalue weighted by Gasteiger charge is -2.31. The molecule has 2 aliphatic heterocycles. The third-order valence-electron chi connectivity index (χ3n) is 15.1. The maximum atomic E-state index is 12.8. The first-order chi connectivity index (χ1) is 46.6. The molecule has 2 amide bonds. The first-order valence-electron chi connectivity index (χ1n) is 34.3. The molecule has 0 fully saturated rings. The summed E-state index contributed by atoms with van der Waals surface area (Å²) in [6.45, 7) is 21.4. The van der Waals surface area contributed by atoms with Gasteiger partial charge in [-0.3, -0.25) is 24.0 Å². The van der Waals surface area contributed by atoms with E-state index >= 15 is 0 Å². The van der Waals surface area contributed by atoms with Crippen molar-refractivity contribution in [3.05, 3.63) is 172 Å². The number of ether oxygens (including phenoxy) is 6. The Bertz CT molecular complexity index is 3480. The molecule has 0 radical (unpaired) electrons. The second-order valence-electron chi connectivity index (χ2n) is 25.4. The number of unbranched alkanes of at least 4 members (excludes halogenated alkanes) is 6. The molecule has 4 aromatic heterocycles. The number of hydrogen-bond acceptors (Lipinski definition) is 18. The number of nitrogens with zero attached hydrogens (tertiary/aromatic N) is 6. The molecule has 532 valence electrons. The number of pyridine rings is 4. The highest BCUT2D eigenvalue weighted by molar-refractivity contribution is 7.54. The van der Waals surface area contributed by atoms with Crippen LogP contribution in [0.4, 0.5) is 21.2 Å². The van der Waals surface area contributed by atoms with Gasteiger partial charge in [0.15, 0.2) is 5.78 Å². The van der Waals surface area contributed by atoms with E-state index in [1.165, 1.54) is 0 Å². The Morgan fingerprint density at radius 2 is 0.969 bits per heavy atom. The van der Waals surface area contributed by atoms with Crippen molar-refractivity contribution in [1.29, 1.82) is 0 Å². The van der Waals surface area contributed by atoms with Crippen molar-refractivity contribution in [3.8, 4) is 11.8 Å². The lowest BCUT2D eigenvalue weighted by Crippen LogP contribution is -2.40. The number of carbonyl (C=O) groups excluding carboxylic acids is 5. The van der Waals surface area contributed by atoms with Crippen LogP contribution in [0, 0.1) is 0 Å². The van der Waals surface area contributed by atoms with Gasteiger partial charge in [-0.15, -0.1) is 0 Å². The maximum absolute atomic E-state index is 12.8. The average Bonchev–Trinajstić information content (AvgIpc) is 0.810. The zero-order valence-corrected chi connectivity index (χ0v) is 59.5. The van der Waals surface area contributed by atoms with Gasteiger partial charge in [0.2, 0.25) is 11.8 Å². The Labute approximate surface area is 581 Å². The van der Waals surface area contributed by atoms with E-state index < -0.39 is 24.8 Å². The average molecular weight is 1370 g/mol. The Kier molecular flexibility index (Phi) is 34.3. The minimum Gasteiger partial charge on any atom is -0.473 e. The smallest absolute Gasteiger partial charge is 0.416 e. The summed E-state index contributed by atoms with van der Waals surface area (Å²) in [4.78, 5) is 83.2. The summed E-state index contributed by atoms with van der Waals surface area (Å²) < 4.78 is 54.2. The standard InChI is InChI=1S/C36H45N3O5.C32H39N3O4.C8H17O5P.CH4/c1-5-42-33(40)24-29(30-20-22-32(37-25-30)43-26-27-14-9-8-10-15-27)16-11-6-7-12-18-31-21-19-28-17-13-23-39(34(28)38-31)35(41)44-36(2,3)4;1-32(2,3)39-31(37)35-21-11-14-25-17-19-27(34-30(25)35)15-9-4-5-10-16-28(36)26-18-20-29(33-22-26)38-23-24-12-7-6-8-13-24;1-4-11-8(9)7-14(10,12-5-2)13-6-3;/h8-10,14-15,19-22,24-25H,5-7,11-13,16-18,23,26H2,1-4H3;6-8,12-13,17-20,22H,4-5,9-11,14-16,21,23H2,1-3H3;4-7H2,1-3H3;1H4/b29-24-;;;. The fraction of sp³-hybridized carbons (Fsp3) is 0.494. The fourth-order valence-electron chi connectivity index (χ4n) is 10.6. The van der Waals surface area contributed by atoms with E-state index in [4.69, 9.17) is 42.7 Å². The van der Waals surface area contributed by atoms with Gasteiger partial charge in [0, 0.05) is 67.1 Å². The summed E-state index contributed by atoms with van der Waals surface area (Å²) in [5.41, 5.74) is 7.65. The van der Waals surface area contributed by atoms with Crippen LogP contribution in [0.5, 0.6) is 11.8 Å². The van der Waals surface area contributed by atoms with Gasteiger partial charge in [-0.2, -0.15) is 0 Å². The van der Waals surface area contributed by atoms with E-state index in [0.29, 0.717) is 56.7 Å². The Morgan fingerprint density at radius 1 is 0.520 bits per heavy atom. The molecule has 0 N–H and O–H groups in total. The number of fused-ring (bicyclic) bond motifs is 2. The van der Waals surface area contributed by atoms with Crippen LogP contribution in [0.2, 0.25) is 0 Å². The van der Waals surface area contributed by atoms with E-state index in [2.05, 4.69) is 39.0 Å². The molecule has 8 rings (SSSR count). The van der Waals surface area contributed by atoms with Crippen LogP contribution in [0.3, 0.4) is 0 Å². The number of allylic oxidation sites excluding steroid dienone is 1. The minimum atomic E-state index is -3.28. The third-order valence-corrected chi connectivity index (χ3v) is 17.1. The first kappa shape index (κ1) is 80.4. The fourth-order valence-corrected chi connectivity index (χ4v) is 12.0. The monoisotopic (exact) mass is 1370 g/mol. The number of aromatic nitrogens is 4. The van der Waals surface area contributed by atoms with Crippen LogP contribution in [0.1, 0.15) is 203 Å². The van der Waals surface area contributed by atoms with Crippen LogP contribution < -0.4 is 19.3 Å². The summed E-state index contributed by atoms with van der Waals surface area (Å²) >= 11 is 0. The molecule has 0 bridgehead atoms. The van der Waals surface area contributed by atoms with Crippen LogP contribution in [-0.2, 0) is 81.0 Å². The maximum Gasteiger partial charge on any atom is 0.416 e. The number of ketones is 1. The molecular formula is C77H105N6O14P. The Balaban J connectivity index is 0.000000295. The van der Waals surface area contributed by atoms with Crippen molar-refractivity contribution < 1.29 is 66.0 Å². The van der Waals surface area contributed by atoms with Gasteiger partial charge in [0.1, 0.15) is 42.2 Å². The molecule has 0 saturated heterocycles. The molecule has 6 aromatic rings. The predicted molar refractivity (Wildman–Crippen MR) is 384 cm³/mol. The second-order valence-corrected chi connectivity index (χ2v) is 27.5. The van der Waals surface area contributed by atoms with Crippen molar-refractivity contribution >= 4 is 54.7 Å². The van der Waals surface area contributed by atoms with Gasteiger partial charge >= 0.3 is 31.7 Å². The first-order valence-corrected chi connectivity index (χ1v) is 36.0. The summed E-state index contributed by atoms with van der Waals surface area (Å²) in [6.07, 6.45) is 18.4. The van der Waals surface area contributed by atoms with Gasteiger partial charge in [0.25, 0.3) is 0 Å². The number of amides is 2. The lowest BCUT2D eigenvalue weighted by atomic mass is 9.99. The molecule has 2 aromatic carbocycles. The number of aryl methyl sites for hydroxylation is 4. The SMILES string of the molecule is C.CC(C)(C)OC(=O)N1CCCc2ccc(CCCCCCC(=O)c3ccc(OCc4ccccc4)nc3)nc21.CCOC(=O)/C=C(/CCCCCCc1ccc2c(n1)N(C(=O)OC(C)(C)C)CCC2)c1ccc(OCc2ccccc2)nc1.CCOC(=O)CP(=O)(OCC)OCC. The van der Waals surface area contributed by atoms with Crippen molar-refractivity contribution in [2.75, 3.05) is 55.5 Å². The number of esters is 2.